The standard InChI is InChI=1S/C3H4N2O2S2/c4-9(6,7)3-1-5-8-2-3/h1-2H,(H2,4,6,7). The molecule has 0 atom stereocenters. The number of nitrogens with zero attached hydrogens (tertiary/aromatic N) is 1. The van der Waals surface area contributed by atoms with E-state index < -0.39 is 10.0 Å². The minimum absolute atomic E-state index is 0.0764. The topological polar surface area (TPSA) is 73.1 Å². The molecule has 0 aromatic carbocycles. The van der Waals surface area contributed by atoms with Crippen molar-refractivity contribution in [2.45, 2.75) is 4.90 Å². The highest BCUT2D eigenvalue weighted by atomic mass is 32.2. The van der Waals surface area contributed by atoms with Gasteiger partial charge in [-0.15, -0.1) is 0 Å². The van der Waals surface area contributed by atoms with Crippen molar-refractivity contribution in [3.63, 3.8) is 0 Å². The first-order valence-electron chi connectivity index (χ1n) is 2.03. The summed E-state index contributed by atoms with van der Waals surface area (Å²) in [5.41, 5.74) is 0. The number of nitrogens with two attached hydrogens (primary N) is 1. The Balaban J connectivity index is 3.20. The van der Waals surface area contributed by atoms with Crippen molar-refractivity contribution in [2.75, 3.05) is 0 Å². The Kier molecular flexibility index (Phi) is 1.52. The zero-order valence-corrected chi connectivity index (χ0v) is 5.95. The van der Waals surface area contributed by atoms with Crippen molar-refractivity contribution in [3.05, 3.63) is 11.6 Å². The largest absolute Gasteiger partial charge is 0.240 e. The Labute approximate surface area is 56.5 Å². The molecule has 0 radical (unpaired) electrons. The SMILES string of the molecule is NS(=O)(=O)c1cnsc1. The van der Waals surface area contributed by atoms with Crippen LogP contribution in [0.4, 0.5) is 0 Å². The number of sulfonamides is 1. The molecule has 2 N–H and O–H groups in total. The summed E-state index contributed by atoms with van der Waals surface area (Å²) >= 11 is 1.06. The van der Waals surface area contributed by atoms with Gasteiger partial charge in [-0.05, 0) is 11.5 Å². The van der Waals surface area contributed by atoms with E-state index in [1.165, 1.54) is 11.6 Å². The van der Waals surface area contributed by atoms with Gasteiger partial charge in [-0.3, -0.25) is 0 Å². The smallest absolute Gasteiger partial charge is 0.225 e. The van der Waals surface area contributed by atoms with Crippen LogP contribution in [0.25, 0.3) is 0 Å². The third kappa shape index (κ3) is 1.47. The highest BCUT2D eigenvalue weighted by molar-refractivity contribution is 7.89. The lowest BCUT2D eigenvalue weighted by molar-refractivity contribution is 0.598. The quantitative estimate of drug-likeness (QED) is 0.624. The normalized spacial score (nSPS) is 11.7. The summed E-state index contributed by atoms with van der Waals surface area (Å²) in [6.45, 7) is 0. The van der Waals surface area contributed by atoms with Crippen molar-refractivity contribution >= 4 is 21.6 Å². The molecule has 0 saturated carbocycles. The predicted molar refractivity (Wildman–Crippen MR) is 33.5 cm³/mol. The Bertz CT molecular complexity index is 275. The zero-order chi connectivity index (χ0) is 6.91. The van der Waals surface area contributed by atoms with E-state index in [1.54, 1.807) is 0 Å². The first-order valence-corrected chi connectivity index (χ1v) is 4.41. The highest BCUT2D eigenvalue weighted by Crippen LogP contribution is 2.05. The van der Waals surface area contributed by atoms with Crippen LogP contribution in [0.15, 0.2) is 16.5 Å². The maximum atomic E-state index is 10.4. The summed E-state index contributed by atoms with van der Waals surface area (Å²) in [5, 5.41) is 6.12. The third-order valence-electron chi connectivity index (χ3n) is 0.738. The summed E-state index contributed by atoms with van der Waals surface area (Å²) in [7, 11) is -3.51. The fourth-order valence-corrected chi connectivity index (χ4v) is 1.67. The van der Waals surface area contributed by atoms with Crippen LogP contribution in [0, 0.1) is 0 Å². The first-order chi connectivity index (χ1) is 4.11. The van der Waals surface area contributed by atoms with Crippen LogP contribution in [0.5, 0.6) is 0 Å². The highest BCUT2D eigenvalue weighted by Gasteiger charge is 2.06. The molecule has 0 aliphatic rings. The van der Waals surface area contributed by atoms with Crippen LogP contribution in [0.1, 0.15) is 0 Å². The first kappa shape index (κ1) is 6.66. The van der Waals surface area contributed by atoms with Crippen LogP contribution in [0.3, 0.4) is 0 Å². The van der Waals surface area contributed by atoms with Gasteiger partial charge in [-0.1, -0.05) is 0 Å². The van der Waals surface area contributed by atoms with Gasteiger partial charge < -0.3 is 0 Å². The van der Waals surface area contributed by atoms with Gasteiger partial charge in [0.15, 0.2) is 0 Å². The van der Waals surface area contributed by atoms with Crippen molar-refractivity contribution in [3.8, 4) is 0 Å². The number of rotatable bonds is 1. The second-order valence-electron chi connectivity index (χ2n) is 1.41. The Morgan fingerprint density at radius 2 is 2.33 bits per heavy atom. The molecule has 4 nitrogen and oxygen atoms in total. The van der Waals surface area contributed by atoms with E-state index >= 15 is 0 Å². The molecule has 0 unspecified atom stereocenters. The Hall–Kier alpha value is -0.460. The van der Waals surface area contributed by atoms with E-state index in [9.17, 15) is 8.42 Å². The van der Waals surface area contributed by atoms with E-state index in [0.29, 0.717) is 0 Å². The maximum absolute atomic E-state index is 10.4. The lowest BCUT2D eigenvalue weighted by atomic mass is 10.8. The van der Waals surface area contributed by atoms with Crippen LogP contribution < -0.4 is 5.14 Å². The van der Waals surface area contributed by atoms with E-state index in [4.69, 9.17) is 5.14 Å². The van der Waals surface area contributed by atoms with E-state index in [0.717, 1.165) is 11.5 Å². The average molecular weight is 164 g/mol. The summed E-state index contributed by atoms with van der Waals surface area (Å²) in [4.78, 5) is 0.0764. The molecule has 1 rings (SSSR count). The summed E-state index contributed by atoms with van der Waals surface area (Å²) < 4.78 is 24.4. The van der Waals surface area contributed by atoms with E-state index in [1.807, 2.05) is 0 Å². The van der Waals surface area contributed by atoms with E-state index in [2.05, 4.69) is 4.37 Å². The molecule has 0 fully saturated rings. The van der Waals surface area contributed by atoms with Crippen LogP contribution >= 0.6 is 11.5 Å². The lowest BCUT2D eigenvalue weighted by Gasteiger charge is -1.85. The Morgan fingerprint density at radius 3 is 2.56 bits per heavy atom. The molecule has 6 heteroatoms. The van der Waals surface area contributed by atoms with Crippen molar-refractivity contribution in [2.24, 2.45) is 5.14 Å². The Morgan fingerprint density at radius 1 is 1.67 bits per heavy atom. The van der Waals surface area contributed by atoms with Crippen molar-refractivity contribution < 1.29 is 8.42 Å². The van der Waals surface area contributed by atoms with Crippen LogP contribution in [-0.2, 0) is 10.0 Å². The van der Waals surface area contributed by atoms with Crippen molar-refractivity contribution in [1.29, 1.82) is 0 Å². The van der Waals surface area contributed by atoms with Gasteiger partial charge in [0.2, 0.25) is 10.0 Å². The molecular weight excluding hydrogens is 160 g/mol. The summed E-state index contributed by atoms with van der Waals surface area (Å²) in [6.07, 6.45) is 1.22. The molecule has 0 aliphatic heterocycles. The molecule has 0 saturated heterocycles. The molecule has 9 heavy (non-hydrogen) atoms. The molecule has 1 aromatic rings. The molecule has 1 aromatic heterocycles. The minimum atomic E-state index is -3.51. The fraction of sp³-hybridized carbons (Fsp3) is 0. The molecule has 1 heterocycles. The molecule has 0 amide bonds. The number of primary sulfonamides is 1. The van der Waals surface area contributed by atoms with Crippen LogP contribution in [0.2, 0.25) is 0 Å². The van der Waals surface area contributed by atoms with Gasteiger partial charge >= 0.3 is 0 Å². The van der Waals surface area contributed by atoms with Crippen molar-refractivity contribution in [1.82, 2.24) is 4.37 Å². The average Bonchev–Trinajstić information content (AvgIpc) is 2.08. The van der Waals surface area contributed by atoms with Gasteiger partial charge in [0.25, 0.3) is 0 Å². The third-order valence-corrected chi connectivity index (χ3v) is 2.35. The minimum Gasteiger partial charge on any atom is -0.225 e. The molecule has 0 aliphatic carbocycles. The number of hydrogen-bond acceptors (Lipinski definition) is 4. The van der Waals surface area contributed by atoms with Gasteiger partial charge in [-0.2, -0.15) is 4.37 Å². The van der Waals surface area contributed by atoms with Gasteiger partial charge in [-0.25, -0.2) is 13.6 Å². The monoisotopic (exact) mass is 164 g/mol. The summed E-state index contributed by atoms with van der Waals surface area (Å²) in [6, 6.07) is 0. The maximum Gasteiger partial charge on any atom is 0.240 e. The van der Waals surface area contributed by atoms with Crippen LogP contribution in [-0.4, -0.2) is 12.8 Å². The second kappa shape index (κ2) is 2.05. The van der Waals surface area contributed by atoms with Gasteiger partial charge in [0, 0.05) is 5.38 Å². The van der Waals surface area contributed by atoms with Gasteiger partial charge in [0.1, 0.15) is 4.90 Å². The second-order valence-corrected chi connectivity index (χ2v) is 3.62. The molecule has 0 spiro atoms. The number of aromatic nitrogens is 1. The molecule has 50 valence electrons. The van der Waals surface area contributed by atoms with Gasteiger partial charge in [0.05, 0.1) is 6.20 Å². The fourth-order valence-electron chi connectivity index (χ4n) is 0.336. The predicted octanol–water partition coefficient (Wildman–Crippen LogP) is -0.209. The van der Waals surface area contributed by atoms with E-state index in [-0.39, 0.29) is 4.90 Å². The lowest BCUT2D eigenvalue weighted by Crippen LogP contribution is -2.10. The summed E-state index contributed by atoms with van der Waals surface area (Å²) in [5.74, 6) is 0. The molecule has 0 bridgehead atoms. The molecular formula is C3H4N2O2S2. The zero-order valence-electron chi connectivity index (χ0n) is 4.31. The number of hydrogen-bond donors (Lipinski definition) is 1.